The van der Waals surface area contributed by atoms with Gasteiger partial charge in [0, 0.05) is 19.0 Å². The maximum Gasteiger partial charge on any atom is 0.0954 e. The van der Waals surface area contributed by atoms with Crippen LogP contribution in [0.25, 0.3) is 10.2 Å². The van der Waals surface area contributed by atoms with Crippen molar-refractivity contribution in [2.24, 2.45) is 0 Å². The van der Waals surface area contributed by atoms with Crippen LogP contribution in [0.5, 0.6) is 0 Å². The zero-order chi connectivity index (χ0) is 8.67. The van der Waals surface area contributed by atoms with Gasteiger partial charge in [-0.05, 0) is 12.1 Å². The van der Waals surface area contributed by atoms with Gasteiger partial charge in [0.05, 0.1) is 15.2 Å². The molecule has 66 valence electrons. The molecule has 1 N–H and O–H groups in total. The van der Waals surface area contributed by atoms with Crippen LogP contribution in [-0.4, -0.2) is 17.6 Å². The first kappa shape index (κ1) is 7.47. The van der Waals surface area contributed by atoms with Crippen molar-refractivity contribution in [3.05, 3.63) is 29.3 Å². The van der Waals surface area contributed by atoms with Crippen LogP contribution in [0.3, 0.4) is 0 Å². The fourth-order valence-electron chi connectivity index (χ4n) is 1.45. The molecule has 1 unspecified atom stereocenters. The summed E-state index contributed by atoms with van der Waals surface area (Å²) in [5.74, 6) is 0. The van der Waals surface area contributed by atoms with Gasteiger partial charge in [-0.3, -0.25) is 0 Å². The minimum atomic E-state index is 0.695. The number of fused-ring (bicyclic) bond motifs is 1. The lowest BCUT2D eigenvalue weighted by atomic mass is 10.3. The Hall–Kier alpha value is -0.930. The summed E-state index contributed by atoms with van der Waals surface area (Å²) in [6.45, 7) is 1.16. The van der Waals surface area contributed by atoms with Crippen LogP contribution in [0, 0.1) is 0 Å². The summed E-state index contributed by atoms with van der Waals surface area (Å²) in [6, 6.07) is 9.02. The summed E-state index contributed by atoms with van der Waals surface area (Å²) in [4.78, 5) is 4.57. The van der Waals surface area contributed by atoms with Crippen LogP contribution in [-0.2, 0) is 6.42 Å². The smallest absolute Gasteiger partial charge is 0.0954 e. The van der Waals surface area contributed by atoms with E-state index in [0.29, 0.717) is 6.04 Å². The number of hydrogen-bond donors (Lipinski definition) is 1. The van der Waals surface area contributed by atoms with Gasteiger partial charge in [0.2, 0.25) is 0 Å². The summed E-state index contributed by atoms with van der Waals surface area (Å²) < 4.78 is 1.30. The lowest BCUT2D eigenvalue weighted by molar-refractivity contribution is 0.921. The molecule has 1 fully saturated rings. The van der Waals surface area contributed by atoms with E-state index < -0.39 is 0 Å². The molecule has 1 atom stereocenters. The quantitative estimate of drug-likeness (QED) is 0.733. The molecular formula is C10H10N2S. The van der Waals surface area contributed by atoms with E-state index in [-0.39, 0.29) is 0 Å². The Labute approximate surface area is 80.6 Å². The Morgan fingerprint density at radius 2 is 2.31 bits per heavy atom. The van der Waals surface area contributed by atoms with Crippen molar-refractivity contribution in [1.29, 1.82) is 0 Å². The Morgan fingerprint density at radius 1 is 1.46 bits per heavy atom. The lowest BCUT2D eigenvalue weighted by Gasteiger charge is -1.86. The van der Waals surface area contributed by atoms with Crippen molar-refractivity contribution in [2.45, 2.75) is 12.5 Å². The number of benzene rings is 1. The van der Waals surface area contributed by atoms with E-state index in [1.54, 1.807) is 0 Å². The zero-order valence-electron chi connectivity index (χ0n) is 7.16. The maximum absolute atomic E-state index is 4.57. The molecule has 1 saturated heterocycles. The molecule has 1 aromatic heterocycles. The van der Waals surface area contributed by atoms with Crippen molar-refractivity contribution in [3.63, 3.8) is 0 Å². The maximum atomic E-state index is 4.57. The third-order valence-electron chi connectivity index (χ3n) is 2.25. The first-order valence-electron chi connectivity index (χ1n) is 4.50. The Bertz CT molecular complexity index is 398. The molecule has 2 nitrogen and oxygen atoms in total. The predicted octanol–water partition coefficient (Wildman–Crippen LogP) is 1.81. The lowest BCUT2D eigenvalue weighted by Crippen LogP contribution is -1.94. The number of para-hydroxylation sites is 1. The SMILES string of the molecule is c1ccc2sc(CC3CN3)nc2c1. The molecule has 1 aliphatic rings. The van der Waals surface area contributed by atoms with Gasteiger partial charge in [-0.2, -0.15) is 0 Å². The van der Waals surface area contributed by atoms with Gasteiger partial charge >= 0.3 is 0 Å². The Kier molecular flexibility index (Phi) is 1.60. The number of nitrogens with one attached hydrogen (secondary N) is 1. The van der Waals surface area contributed by atoms with E-state index in [2.05, 4.69) is 28.5 Å². The normalized spacial score (nSPS) is 20.8. The van der Waals surface area contributed by atoms with Crippen LogP contribution in [0.1, 0.15) is 5.01 Å². The van der Waals surface area contributed by atoms with E-state index in [1.165, 1.54) is 9.71 Å². The second-order valence-corrected chi connectivity index (χ2v) is 4.50. The second-order valence-electron chi connectivity index (χ2n) is 3.38. The highest BCUT2D eigenvalue weighted by Gasteiger charge is 2.21. The number of aromatic nitrogens is 1. The standard InChI is InChI=1S/C10H10N2S/c1-2-4-9-8(3-1)12-10(13-9)5-7-6-11-7/h1-4,7,11H,5-6H2. The fourth-order valence-corrected chi connectivity index (χ4v) is 2.49. The number of thiazole rings is 1. The summed E-state index contributed by atoms with van der Waals surface area (Å²) >= 11 is 1.81. The predicted molar refractivity (Wildman–Crippen MR) is 55.1 cm³/mol. The van der Waals surface area contributed by atoms with E-state index in [4.69, 9.17) is 0 Å². The molecule has 1 aromatic carbocycles. The largest absolute Gasteiger partial charge is 0.311 e. The highest BCUT2D eigenvalue weighted by molar-refractivity contribution is 7.18. The Balaban J connectivity index is 2.00. The minimum Gasteiger partial charge on any atom is -0.311 e. The zero-order valence-corrected chi connectivity index (χ0v) is 7.97. The fraction of sp³-hybridized carbons (Fsp3) is 0.300. The van der Waals surface area contributed by atoms with Gasteiger partial charge in [0.15, 0.2) is 0 Å². The van der Waals surface area contributed by atoms with Gasteiger partial charge in [0.25, 0.3) is 0 Å². The summed E-state index contributed by atoms with van der Waals surface area (Å²) in [6.07, 6.45) is 1.10. The number of rotatable bonds is 2. The van der Waals surface area contributed by atoms with Crippen LogP contribution in [0.4, 0.5) is 0 Å². The molecule has 0 amide bonds. The molecule has 2 heterocycles. The van der Waals surface area contributed by atoms with Gasteiger partial charge in [-0.1, -0.05) is 12.1 Å². The van der Waals surface area contributed by atoms with Crippen molar-refractivity contribution in [1.82, 2.24) is 10.3 Å². The van der Waals surface area contributed by atoms with Crippen molar-refractivity contribution < 1.29 is 0 Å². The molecule has 13 heavy (non-hydrogen) atoms. The van der Waals surface area contributed by atoms with Crippen LogP contribution in [0.2, 0.25) is 0 Å². The van der Waals surface area contributed by atoms with Crippen molar-refractivity contribution in [3.8, 4) is 0 Å². The van der Waals surface area contributed by atoms with E-state index >= 15 is 0 Å². The first-order valence-corrected chi connectivity index (χ1v) is 5.31. The molecule has 3 heteroatoms. The molecule has 0 radical (unpaired) electrons. The van der Waals surface area contributed by atoms with Crippen molar-refractivity contribution >= 4 is 21.6 Å². The van der Waals surface area contributed by atoms with Gasteiger partial charge in [-0.15, -0.1) is 11.3 Å². The molecule has 0 aliphatic carbocycles. The average molecular weight is 190 g/mol. The molecule has 2 aromatic rings. The third-order valence-corrected chi connectivity index (χ3v) is 3.31. The molecule has 0 saturated carbocycles. The van der Waals surface area contributed by atoms with E-state index in [1.807, 2.05) is 17.4 Å². The van der Waals surface area contributed by atoms with Crippen LogP contribution < -0.4 is 5.32 Å². The van der Waals surface area contributed by atoms with Gasteiger partial charge in [0.1, 0.15) is 0 Å². The minimum absolute atomic E-state index is 0.695. The molecule has 0 spiro atoms. The molecule has 3 rings (SSSR count). The molecule has 0 bridgehead atoms. The van der Waals surface area contributed by atoms with E-state index in [0.717, 1.165) is 18.5 Å². The van der Waals surface area contributed by atoms with E-state index in [9.17, 15) is 0 Å². The molecular weight excluding hydrogens is 180 g/mol. The van der Waals surface area contributed by atoms with Crippen LogP contribution in [0.15, 0.2) is 24.3 Å². The Morgan fingerprint density at radius 3 is 3.08 bits per heavy atom. The highest BCUT2D eigenvalue weighted by Crippen LogP contribution is 2.23. The van der Waals surface area contributed by atoms with Crippen molar-refractivity contribution in [2.75, 3.05) is 6.54 Å². The topological polar surface area (TPSA) is 34.8 Å². The highest BCUT2D eigenvalue weighted by atomic mass is 32.1. The second kappa shape index (κ2) is 2.79. The monoisotopic (exact) mass is 190 g/mol. The van der Waals surface area contributed by atoms with Crippen LogP contribution >= 0.6 is 11.3 Å². The first-order chi connectivity index (χ1) is 6.42. The summed E-state index contributed by atoms with van der Waals surface area (Å²) in [5, 5.41) is 4.55. The summed E-state index contributed by atoms with van der Waals surface area (Å²) in [7, 11) is 0. The summed E-state index contributed by atoms with van der Waals surface area (Å²) in [5.41, 5.74) is 1.14. The third kappa shape index (κ3) is 1.45. The van der Waals surface area contributed by atoms with Gasteiger partial charge < -0.3 is 5.32 Å². The number of hydrogen-bond acceptors (Lipinski definition) is 3. The average Bonchev–Trinajstić information content (AvgIpc) is 2.85. The van der Waals surface area contributed by atoms with Gasteiger partial charge in [-0.25, -0.2) is 4.98 Å². The number of nitrogens with zero attached hydrogens (tertiary/aromatic N) is 1. The molecule has 1 aliphatic heterocycles.